The van der Waals surface area contributed by atoms with E-state index in [2.05, 4.69) is 16.7 Å². The fourth-order valence-electron chi connectivity index (χ4n) is 3.08. The number of benzene rings is 1. The minimum atomic E-state index is -0.571. The number of hydrogen-bond acceptors (Lipinski definition) is 4. The first-order valence-electron chi connectivity index (χ1n) is 9.09. The molecule has 2 rings (SSSR count). The molecule has 1 aliphatic rings. The van der Waals surface area contributed by atoms with Crippen molar-refractivity contribution < 1.29 is 14.3 Å². The summed E-state index contributed by atoms with van der Waals surface area (Å²) in [6.07, 6.45) is 0.808. The number of fused-ring (bicyclic) bond motifs is 1. The van der Waals surface area contributed by atoms with Crippen LogP contribution in [0.1, 0.15) is 38.8 Å². The third kappa shape index (κ3) is 4.55. The zero-order valence-corrected chi connectivity index (χ0v) is 16.7. The number of methoxy groups -OCH3 is 1. The van der Waals surface area contributed by atoms with Gasteiger partial charge in [0.25, 0.3) is 0 Å². The van der Waals surface area contributed by atoms with E-state index < -0.39 is 6.04 Å². The molecule has 1 aromatic carbocycles. The van der Waals surface area contributed by atoms with Gasteiger partial charge in [-0.1, -0.05) is 26.8 Å². The molecule has 0 radical (unpaired) electrons. The molecule has 0 saturated carbocycles. The van der Waals surface area contributed by atoms with E-state index in [0.717, 1.165) is 17.7 Å². The molecule has 0 fully saturated rings. The Morgan fingerprint density at radius 2 is 1.92 bits per heavy atom. The number of ether oxygens (including phenoxy) is 1. The summed E-state index contributed by atoms with van der Waals surface area (Å²) in [4.78, 5) is 27.4. The highest BCUT2D eigenvalue weighted by atomic mass is 16.5. The lowest BCUT2D eigenvalue weighted by molar-refractivity contribution is -0.140. The van der Waals surface area contributed by atoms with E-state index in [9.17, 15) is 9.59 Å². The monoisotopic (exact) mass is 361 g/mol. The molecule has 26 heavy (non-hydrogen) atoms. The van der Waals surface area contributed by atoms with Gasteiger partial charge >= 0.3 is 0 Å². The van der Waals surface area contributed by atoms with Crippen molar-refractivity contribution in [3.8, 4) is 5.75 Å². The molecule has 144 valence electrons. The van der Waals surface area contributed by atoms with E-state index >= 15 is 0 Å². The minimum Gasteiger partial charge on any atom is -0.497 e. The highest BCUT2D eigenvalue weighted by molar-refractivity contribution is 5.90. The normalized spacial score (nSPS) is 16.5. The SMILES string of the molecule is CN[C@@H](C)C(=O)N[C@H](C(=O)N1CCc2ccc(OC)cc2C1)C(C)(C)C. The molecule has 2 amide bonds. The van der Waals surface area contributed by atoms with Gasteiger partial charge in [-0.05, 0) is 49.1 Å². The number of nitrogens with one attached hydrogen (secondary N) is 2. The summed E-state index contributed by atoms with van der Waals surface area (Å²) in [5.41, 5.74) is 1.97. The molecule has 0 unspecified atom stereocenters. The Bertz CT molecular complexity index is 667. The highest BCUT2D eigenvalue weighted by Crippen LogP contribution is 2.27. The fraction of sp³-hybridized carbons (Fsp3) is 0.600. The maximum Gasteiger partial charge on any atom is 0.246 e. The number of nitrogens with zero attached hydrogens (tertiary/aromatic N) is 1. The number of carbonyl (C=O) groups excluding carboxylic acids is 2. The van der Waals surface area contributed by atoms with E-state index in [0.29, 0.717) is 13.1 Å². The van der Waals surface area contributed by atoms with Crippen molar-refractivity contribution >= 4 is 11.8 Å². The van der Waals surface area contributed by atoms with Crippen LogP contribution in [-0.2, 0) is 22.6 Å². The van der Waals surface area contributed by atoms with Gasteiger partial charge in [-0.25, -0.2) is 0 Å². The predicted molar refractivity (Wildman–Crippen MR) is 102 cm³/mol. The number of rotatable bonds is 5. The van der Waals surface area contributed by atoms with Crippen LogP contribution in [-0.4, -0.2) is 49.5 Å². The third-order valence-electron chi connectivity index (χ3n) is 4.96. The maximum atomic E-state index is 13.2. The van der Waals surface area contributed by atoms with Crippen molar-refractivity contribution in [3.63, 3.8) is 0 Å². The van der Waals surface area contributed by atoms with Gasteiger partial charge in [-0.15, -0.1) is 0 Å². The zero-order chi connectivity index (χ0) is 19.5. The van der Waals surface area contributed by atoms with Gasteiger partial charge in [0.1, 0.15) is 11.8 Å². The van der Waals surface area contributed by atoms with Crippen molar-refractivity contribution in [2.24, 2.45) is 5.41 Å². The molecule has 6 heteroatoms. The van der Waals surface area contributed by atoms with E-state index in [1.807, 2.05) is 37.8 Å². The molecule has 0 aromatic heterocycles. The summed E-state index contributed by atoms with van der Waals surface area (Å²) in [6, 6.07) is 5.08. The van der Waals surface area contributed by atoms with Crippen molar-refractivity contribution in [1.82, 2.24) is 15.5 Å². The van der Waals surface area contributed by atoms with Gasteiger partial charge in [0.2, 0.25) is 11.8 Å². The van der Waals surface area contributed by atoms with Crippen LogP contribution in [0.15, 0.2) is 18.2 Å². The molecule has 6 nitrogen and oxygen atoms in total. The second kappa shape index (κ2) is 8.08. The van der Waals surface area contributed by atoms with Gasteiger partial charge < -0.3 is 20.3 Å². The van der Waals surface area contributed by atoms with Crippen LogP contribution in [0.5, 0.6) is 5.75 Å². The van der Waals surface area contributed by atoms with Crippen molar-refractivity contribution in [3.05, 3.63) is 29.3 Å². The average molecular weight is 361 g/mol. The van der Waals surface area contributed by atoms with E-state index in [-0.39, 0.29) is 23.3 Å². The van der Waals surface area contributed by atoms with Crippen molar-refractivity contribution in [2.45, 2.75) is 52.7 Å². The Morgan fingerprint density at radius 1 is 1.23 bits per heavy atom. The standard InChI is InChI=1S/C20H31N3O3/c1-13(21-5)18(24)22-17(20(2,3)4)19(25)23-10-9-14-7-8-16(26-6)11-15(14)12-23/h7-8,11,13,17,21H,9-10,12H2,1-6H3,(H,22,24)/t13-,17+/m0/s1. The van der Waals surface area contributed by atoms with E-state index in [1.165, 1.54) is 5.56 Å². The predicted octanol–water partition coefficient (Wildman–Crippen LogP) is 1.72. The summed E-state index contributed by atoms with van der Waals surface area (Å²) in [7, 11) is 3.37. The van der Waals surface area contributed by atoms with Gasteiger partial charge in [0.15, 0.2) is 0 Å². The number of hydrogen-bond donors (Lipinski definition) is 2. The maximum absolute atomic E-state index is 13.2. The van der Waals surface area contributed by atoms with Crippen LogP contribution >= 0.6 is 0 Å². The molecule has 0 saturated heterocycles. The second-order valence-electron chi connectivity index (χ2n) is 7.96. The van der Waals surface area contributed by atoms with Gasteiger partial charge in [-0.3, -0.25) is 9.59 Å². The Balaban J connectivity index is 2.19. The molecule has 2 N–H and O–H groups in total. The quantitative estimate of drug-likeness (QED) is 0.838. The smallest absolute Gasteiger partial charge is 0.246 e. The Labute approximate surface area is 156 Å². The third-order valence-corrected chi connectivity index (χ3v) is 4.96. The van der Waals surface area contributed by atoms with Crippen LogP contribution in [0.25, 0.3) is 0 Å². The molecule has 1 aliphatic heterocycles. The number of amides is 2. The van der Waals surface area contributed by atoms with Crippen molar-refractivity contribution in [2.75, 3.05) is 20.7 Å². The van der Waals surface area contributed by atoms with Crippen LogP contribution in [0.4, 0.5) is 0 Å². The minimum absolute atomic E-state index is 0.0392. The van der Waals surface area contributed by atoms with Crippen LogP contribution < -0.4 is 15.4 Å². The topological polar surface area (TPSA) is 70.7 Å². The van der Waals surface area contributed by atoms with Gasteiger partial charge in [0, 0.05) is 13.1 Å². The molecule has 2 atom stereocenters. The Hall–Kier alpha value is -2.08. The largest absolute Gasteiger partial charge is 0.497 e. The summed E-state index contributed by atoms with van der Waals surface area (Å²) in [5, 5.41) is 5.85. The van der Waals surface area contributed by atoms with Gasteiger partial charge in [0.05, 0.1) is 13.2 Å². The molecule has 0 bridgehead atoms. The highest BCUT2D eigenvalue weighted by Gasteiger charge is 2.37. The molecule has 1 heterocycles. The molecule has 1 aromatic rings. The Morgan fingerprint density at radius 3 is 2.50 bits per heavy atom. The first kappa shape index (κ1) is 20.2. The van der Waals surface area contributed by atoms with E-state index in [1.54, 1.807) is 21.1 Å². The Kier molecular flexibility index (Phi) is 6.29. The average Bonchev–Trinajstić information content (AvgIpc) is 2.62. The lowest BCUT2D eigenvalue weighted by atomic mass is 9.85. The molecule has 0 spiro atoms. The fourth-order valence-corrected chi connectivity index (χ4v) is 3.08. The molecule has 0 aliphatic carbocycles. The van der Waals surface area contributed by atoms with Crippen LogP contribution in [0.2, 0.25) is 0 Å². The molecular weight excluding hydrogens is 330 g/mol. The summed E-state index contributed by atoms with van der Waals surface area (Å²) in [5.74, 6) is 0.587. The second-order valence-corrected chi connectivity index (χ2v) is 7.96. The van der Waals surface area contributed by atoms with Gasteiger partial charge in [-0.2, -0.15) is 0 Å². The lowest BCUT2D eigenvalue weighted by Crippen LogP contribution is -2.57. The lowest BCUT2D eigenvalue weighted by Gasteiger charge is -2.37. The van der Waals surface area contributed by atoms with Crippen LogP contribution in [0.3, 0.4) is 0 Å². The summed E-state index contributed by atoms with van der Waals surface area (Å²) in [6.45, 7) is 8.89. The first-order valence-corrected chi connectivity index (χ1v) is 9.09. The summed E-state index contributed by atoms with van der Waals surface area (Å²) >= 11 is 0. The zero-order valence-electron chi connectivity index (χ0n) is 16.7. The number of likely N-dealkylation sites (N-methyl/N-ethyl adjacent to an activating group) is 1. The number of carbonyl (C=O) groups is 2. The van der Waals surface area contributed by atoms with Crippen molar-refractivity contribution in [1.29, 1.82) is 0 Å². The molecular formula is C20H31N3O3. The summed E-state index contributed by atoms with van der Waals surface area (Å²) < 4.78 is 5.30. The van der Waals surface area contributed by atoms with E-state index in [4.69, 9.17) is 4.74 Å². The first-order chi connectivity index (χ1) is 12.2. The van der Waals surface area contributed by atoms with Crippen LogP contribution in [0, 0.1) is 5.41 Å².